The van der Waals surface area contributed by atoms with Crippen molar-refractivity contribution in [3.8, 4) is 11.5 Å². The standard InChI is InChI=1S/C14H20F2N2O2.ClH/c1-10-8-18(6-5-17-10)9-11-3-4-12(19-2)13(7-11)20-14(15)16;/h3-4,7,10,14,17H,5-6,8-9H2,1-2H3;1H. The lowest BCUT2D eigenvalue weighted by molar-refractivity contribution is -0.0512. The molecule has 1 N–H and O–H groups in total. The molecule has 0 radical (unpaired) electrons. The van der Waals surface area contributed by atoms with Gasteiger partial charge in [0, 0.05) is 32.2 Å². The molecule has 1 atom stereocenters. The molecule has 2 rings (SSSR count). The first kappa shape index (κ1) is 17.9. The summed E-state index contributed by atoms with van der Waals surface area (Å²) in [6, 6.07) is 5.61. The maximum atomic E-state index is 12.4. The molecule has 1 aromatic carbocycles. The van der Waals surface area contributed by atoms with Gasteiger partial charge in [0.15, 0.2) is 11.5 Å². The summed E-state index contributed by atoms with van der Waals surface area (Å²) in [6.07, 6.45) is 0. The minimum atomic E-state index is -2.85. The molecule has 0 bridgehead atoms. The second-order valence-electron chi connectivity index (χ2n) is 4.95. The Hall–Kier alpha value is -1.11. The highest BCUT2D eigenvalue weighted by Crippen LogP contribution is 2.30. The Morgan fingerprint density at radius 3 is 2.76 bits per heavy atom. The third-order valence-electron chi connectivity index (χ3n) is 3.30. The molecule has 0 aromatic heterocycles. The minimum absolute atomic E-state index is 0. The Kier molecular flexibility index (Phi) is 7.14. The molecule has 1 aliphatic heterocycles. The van der Waals surface area contributed by atoms with E-state index in [0.717, 1.165) is 31.7 Å². The summed E-state index contributed by atoms with van der Waals surface area (Å²) in [4.78, 5) is 2.29. The normalized spacial score (nSPS) is 19.2. The van der Waals surface area contributed by atoms with E-state index in [9.17, 15) is 8.78 Å². The van der Waals surface area contributed by atoms with Gasteiger partial charge in [-0.25, -0.2) is 0 Å². The van der Waals surface area contributed by atoms with Crippen LogP contribution in [0.4, 0.5) is 8.78 Å². The van der Waals surface area contributed by atoms with Crippen molar-refractivity contribution in [3.63, 3.8) is 0 Å². The van der Waals surface area contributed by atoms with Crippen molar-refractivity contribution in [1.29, 1.82) is 0 Å². The number of alkyl halides is 2. The number of benzene rings is 1. The Morgan fingerprint density at radius 2 is 2.14 bits per heavy atom. The van der Waals surface area contributed by atoms with E-state index in [0.29, 0.717) is 11.8 Å². The van der Waals surface area contributed by atoms with Crippen molar-refractivity contribution in [2.75, 3.05) is 26.7 Å². The highest BCUT2D eigenvalue weighted by Gasteiger charge is 2.17. The second kappa shape index (κ2) is 8.36. The van der Waals surface area contributed by atoms with Gasteiger partial charge in [-0.05, 0) is 24.6 Å². The van der Waals surface area contributed by atoms with Crippen molar-refractivity contribution in [1.82, 2.24) is 10.2 Å². The third-order valence-corrected chi connectivity index (χ3v) is 3.30. The predicted molar refractivity (Wildman–Crippen MR) is 79.6 cm³/mol. The molecule has 1 aromatic rings. The monoisotopic (exact) mass is 322 g/mol. The van der Waals surface area contributed by atoms with Crippen molar-refractivity contribution in [2.45, 2.75) is 26.1 Å². The van der Waals surface area contributed by atoms with Crippen LogP contribution >= 0.6 is 12.4 Å². The zero-order valence-corrected chi connectivity index (χ0v) is 13.0. The first-order chi connectivity index (χ1) is 9.58. The van der Waals surface area contributed by atoms with Crippen LogP contribution in [0.2, 0.25) is 0 Å². The summed E-state index contributed by atoms with van der Waals surface area (Å²) in [5.41, 5.74) is 0.940. The molecule has 0 saturated carbocycles. The number of rotatable bonds is 5. The molecule has 21 heavy (non-hydrogen) atoms. The van der Waals surface area contributed by atoms with Gasteiger partial charge in [0.1, 0.15) is 0 Å². The van der Waals surface area contributed by atoms with Gasteiger partial charge in [0.05, 0.1) is 7.11 Å². The fourth-order valence-corrected chi connectivity index (χ4v) is 2.42. The lowest BCUT2D eigenvalue weighted by Crippen LogP contribution is -2.48. The van der Waals surface area contributed by atoms with Crippen molar-refractivity contribution in [3.05, 3.63) is 23.8 Å². The lowest BCUT2D eigenvalue weighted by Gasteiger charge is -2.31. The van der Waals surface area contributed by atoms with Gasteiger partial charge in [0.2, 0.25) is 0 Å². The van der Waals surface area contributed by atoms with Crippen LogP contribution in [0.15, 0.2) is 18.2 Å². The zero-order chi connectivity index (χ0) is 14.5. The van der Waals surface area contributed by atoms with E-state index in [1.807, 2.05) is 6.07 Å². The highest BCUT2D eigenvalue weighted by molar-refractivity contribution is 5.85. The van der Waals surface area contributed by atoms with E-state index >= 15 is 0 Å². The number of hydrogen-bond acceptors (Lipinski definition) is 4. The number of piperazine rings is 1. The van der Waals surface area contributed by atoms with Crippen LogP contribution in [0.3, 0.4) is 0 Å². The van der Waals surface area contributed by atoms with Crippen LogP contribution in [0, 0.1) is 0 Å². The number of halogens is 3. The van der Waals surface area contributed by atoms with Gasteiger partial charge in [-0.3, -0.25) is 4.90 Å². The van der Waals surface area contributed by atoms with Crippen molar-refractivity contribution >= 4 is 12.4 Å². The fraction of sp³-hybridized carbons (Fsp3) is 0.571. The number of hydrogen-bond donors (Lipinski definition) is 1. The quantitative estimate of drug-likeness (QED) is 0.903. The molecule has 1 fully saturated rings. The Balaban J connectivity index is 0.00000220. The molecule has 0 spiro atoms. The zero-order valence-electron chi connectivity index (χ0n) is 12.1. The first-order valence-corrected chi connectivity index (χ1v) is 6.66. The molecule has 7 heteroatoms. The molecule has 120 valence electrons. The molecular formula is C14H21ClF2N2O2. The van der Waals surface area contributed by atoms with E-state index in [4.69, 9.17) is 4.74 Å². The highest BCUT2D eigenvalue weighted by atomic mass is 35.5. The number of nitrogens with zero attached hydrogens (tertiary/aromatic N) is 1. The van der Waals surface area contributed by atoms with E-state index in [1.165, 1.54) is 7.11 Å². The van der Waals surface area contributed by atoms with Crippen LogP contribution in [-0.2, 0) is 6.54 Å². The third kappa shape index (κ3) is 5.30. The molecule has 0 aliphatic carbocycles. The smallest absolute Gasteiger partial charge is 0.387 e. The van der Waals surface area contributed by atoms with Gasteiger partial charge >= 0.3 is 6.61 Å². The summed E-state index contributed by atoms with van der Waals surface area (Å²) in [5.74, 6) is 0.408. The van der Waals surface area contributed by atoms with Crippen LogP contribution in [-0.4, -0.2) is 44.3 Å². The molecule has 1 aliphatic rings. The van der Waals surface area contributed by atoms with E-state index in [1.54, 1.807) is 12.1 Å². The van der Waals surface area contributed by atoms with Crippen molar-refractivity contribution < 1.29 is 18.3 Å². The van der Waals surface area contributed by atoms with E-state index in [2.05, 4.69) is 21.9 Å². The lowest BCUT2D eigenvalue weighted by atomic mass is 10.1. The first-order valence-electron chi connectivity index (χ1n) is 6.66. The molecule has 4 nitrogen and oxygen atoms in total. The van der Waals surface area contributed by atoms with Crippen LogP contribution in [0.1, 0.15) is 12.5 Å². The Labute approximate surface area is 129 Å². The second-order valence-corrected chi connectivity index (χ2v) is 4.95. The van der Waals surface area contributed by atoms with Gasteiger partial charge in [0.25, 0.3) is 0 Å². The largest absolute Gasteiger partial charge is 0.493 e. The van der Waals surface area contributed by atoms with Crippen LogP contribution < -0.4 is 14.8 Å². The minimum Gasteiger partial charge on any atom is -0.493 e. The maximum absolute atomic E-state index is 12.4. The van der Waals surface area contributed by atoms with E-state index < -0.39 is 6.61 Å². The molecule has 0 amide bonds. The summed E-state index contributed by atoms with van der Waals surface area (Å²) in [6.45, 7) is 2.83. The van der Waals surface area contributed by atoms with Gasteiger partial charge in [-0.15, -0.1) is 12.4 Å². The summed E-state index contributed by atoms with van der Waals surface area (Å²) in [5, 5.41) is 3.37. The molecule has 1 saturated heterocycles. The van der Waals surface area contributed by atoms with Crippen molar-refractivity contribution in [2.24, 2.45) is 0 Å². The average Bonchev–Trinajstić information content (AvgIpc) is 2.38. The maximum Gasteiger partial charge on any atom is 0.387 e. The van der Waals surface area contributed by atoms with Crippen LogP contribution in [0.5, 0.6) is 11.5 Å². The topological polar surface area (TPSA) is 33.7 Å². The average molecular weight is 323 g/mol. The summed E-state index contributed by atoms with van der Waals surface area (Å²) < 4.78 is 34.3. The summed E-state index contributed by atoms with van der Waals surface area (Å²) in [7, 11) is 1.44. The van der Waals surface area contributed by atoms with Gasteiger partial charge in [-0.2, -0.15) is 8.78 Å². The Bertz CT molecular complexity index is 449. The number of methoxy groups -OCH3 is 1. The predicted octanol–water partition coefficient (Wildman–Crippen LogP) is 2.51. The van der Waals surface area contributed by atoms with Gasteiger partial charge in [-0.1, -0.05) is 6.07 Å². The number of nitrogens with one attached hydrogen (secondary N) is 1. The van der Waals surface area contributed by atoms with Gasteiger partial charge < -0.3 is 14.8 Å². The number of ether oxygens (including phenoxy) is 2. The van der Waals surface area contributed by atoms with Crippen LogP contribution in [0.25, 0.3) is 0 Å². The summed E-state index contributed by atoms with van der Waals surface area (Å²) >= 11 is 0. The van der Waals surface area contributed by atoms with E-state index in [-0.39, 0.29) is 18.2 Å². The Morgan fingerprint density at radius 1 is 1.38 bits per heavy atom. The fourth-order valence-electron chi connectivity index (χ4n) is 2.42. The molecule has 1 heterocycles. The SMILES string of the molecule is COc1ccc(CN2CCNC(C)C2)cc1OC(F)F.Cl. The molecular weight excluding hydrogens is 302 g/mol. The molecule has 1 unspecified atom stereocenters.